The summed E-state index contributed by atoms with van der Waals surface area (Å²) in [6.07, 6.45) is 1.70. The second kappa shape index (κ2) is 7.49. The standard InChI is InChI=1S/C19H16N4O3/c1-12-8-19(25)26-16-9-14(3-4-15(12)16)23-18(24)6-7-21-17-5-2-13(10-20)11-22-17/h2-5,8-9,11H,6-7H2,1H3,(H,21,22)(H,23,24). The third-order valence-corrected chi connectivity index (χ3v) is 3.79. The maximum absolute atomic E-state index is 12.1. The van der Waals surface area contributed by atoms with E-state index in [1.54, 1.807) is 24.3 Å². The number of hydrogen-bond donors (Lipinski definition) is 2. The van der Waals surface area contributed by atoms with Crippen LogP contribution in [0.1, 0.15) is 17.5 Å². The number of hydrogen-bond acceptors (Lipinski definition) is 6. The highest BCUT2D eigenvalue weighted by Gasteiger charge is 2.06. The van der Waals surface area contributed by atoms with Crippen LogP contribution in [-0.4, -0.2) is 17.4 Å². The predicted molar refractivity (Wildman–Crippen MR) is 97.9 cm³/mol. The van der Waals surface area contributed by atoms with Gasteiger partial charge in [-0.25, -0.2) is 9.78 Å². The van der Waals surface area contributed by atoms with Crippen LogP contribution in [-0.2, 0) is 4.79 Å². The van der Waals surface area contributed by atoms with Crippen LogP contribution in [0.15, 0.2) is 51.8 Å². The predicted octanol–water partition coefficient (Wildman–Crippen LogP) is 2.81. The van der Waals surface area contributed by atoms with Gasteiger partial charge in [0.2, 0.25) is 5.91 Å². The molecule has 0 aliphatic carbocycles. The summed E-state index contributed by atoms with van der Waals surface area (Å²) in [5.74, 6) is 0.417. The summed E-state index contributed by atoms with van der Waals surface area (Å²) in [6, 6.07) is 12.0. The van der Waals surface area contributed by atoms with E-state index in [-0.39, 0.29) is 12.3 Å². The van der Waals surface area contributed by atoms with E-state index < -0.39 is 5.63 Å². The van der Waals surface area contributed by atoms with Gasteiger partial charge in [-0.3, -0.25) is 4.79 Å². The fourth-order valence-electron chi connectivity index (χ4n) is 2.49. The van der Waals surface area contributed by atoms with Gasteiger partial charge in [-0.1, -0.05) is 0 Å². The summed E-state index contributed by atoms with van der Waals surface area (Å²) in [5, 5.41) is 15.3. The maximum atomic E-state index is 12.1. The van der Waals surface area contributed by atoms with Crippen molar-refractivity contribution in [3.05, 3.63) is 64.1 Å². The number of aromatic nitrogens is 1. The van der Waals surface area contributed by atoms with Gasteiger partial charge in [0, 0.05) is 42.4 Å². The Hall–Kier alpha value is -3.66. The number of benzene rings is 1. The number of nitrogens with zero attached hydrogens (tertiary/aromatic N) is 2. The molecule has 3 aromatic rings. The first-order chi connectivity index (χ1) is 12.5. The zero-order chi connectivity index (χ0) is 18.5. The number of nitriles is 1. The molecule has 0 saturated carbocycles. The van der Waals surface area contributed by atoms with Crippen molar-refractivity contribution < 1.29 is 9.21 Å². The molecule has 0 saturated heterocycles. The molecule has 0 aliphatic heterocycles. The number of carbonyl (C=O) groups is 1. The average molecular weight is 348 g/mol. The van der Waals surface area contributed by atoms with Crippen molar-refractivity contribution >= 4 is 28.4 Å². The summed E-state index contributed by atoms with van der Waals surface area (Å²) in [5.41, 5.74) is 1.89. The van der Waals surface area contributed by atoms with Crippen LogP contribution in [0.2, 0.25) is 0 Å². The lowest BCUT2D eigenvalue weighted by Crippen LogP contribution is -2.16. The Balaban J connectivity index is 1.58. The van der Waals surface area contributed by atoms with Crippen molar-refractivity contribution in [2.24, 2.45) is 0 Å². The minimum Gasteiger partial charge on any atom is -0.423 e. The van der Waals surface area contributed by atoms with Gasteiger partial charge >= 0.3 is 5.63 Å². The summed E-state index contributed by atoms with van der Waals surface area (Å²) in [6.45, 7) is 2.23. The Morgan fingerprint density at radius 2 is 2.12 bits per heavy atom. The van der Waals surface area contributed by atoms with Crippen LogP contribution in [0.5, 0.6) is 0 Å². The van der Waals surface area contributed by atoms with E-state index >= 15 is 0 Å². The normalized spacial score (nSPS) is 10.3. The fraction of sp³-hybridized carbons (Fsp3) is 0.158. The van der Waals surface area contributed by atoms with E-state index in [0.717, 1.165) is 10.9 Å². The maximum Gasteiger partial charge on any atom is 0.336 e. The molecule has 0 unspecified atom stereocenters. The van der Waals surface area contributed by atoms with Gasteiger partial charge in [0.15, 0.2) is 0 Å². The fourth-order valence-corrected chi connectivity index (χ4v) is 2.49. The van der Waals surface area contributed by atoms with E-state index in [1.165, 1.54) is 12.3 Å². The molecular formula is C19H16N4O3. The topological polar surface area (TPSA) is 108 Å². The number of carbonyl (C=O) groups excluding carboxylic acids is 1. The zero-order valence-electron chi connectivity index (χ0n) is 14.1. The van der Waals surface area contributed by atoms with E-state index in [4.69, 9.17) is 9.68 Å². The lowest BCUT2D eigenvalue weighted by molar-refractivity contribution is -0.115. The largest absolute Gasteiger partial charge is 0.423 e. The first-order valence-electron chi connectivity index (χ1n) is 7.99. The Labute approximate surface area is 149 Å². The summed E-state index contributed by atoms with van der Waals surface area (Å²) in [4.78, 5) is 27.6. The lowest BCUT2D eigenvalue weighted by atomic mass is 10.1. The smallest absolute Gasteiger partial charge is 0.336 e. The van der Waals surface area contributed by atoms with Gasteiger partial charge in [0.25, 0.3) is 0 Å². The molecule has 2 heterocycles. The number of aryl methyl sites for hydroxylation is 1. The Bertz CT molecular complexity index is 1050. The molecule has 3 rings (SSSR count). The molecule has 7 heteroatoms. The molecule has 0 radical (unpaired) electrons. The molecular weight excluding hydrogens is 332 g/mol. The quantitative estimate of drug-likeness (QED) is 0.686. The molecule has 0 atom stereocenters. The van der Waals surface area contributed by atoms with Gasteiger partial charge in [0.05, 0.1) is 5.56 Å². The Kier molecular flexibility index (Phi) is 4.94. The van der Waals surface area contributed by atoms with E-state index in [9.17, 15) is 9.59 Å². The third-order valence-electron chi connectivity index (χ3n) is 3.79. The summed E-state index contributed by atoms with van der Waals surface area (Å²) < 4.78 is 5.17. The molecule has 0 bridgehead atoms. The van der Waals surface area contributed by atoms with Gasteiger partial charge in [-0.2, -0.15) is 5.26 Å². The Morgan fingerprint density at radius 3 is 2.85 bits per heavy atom. The molecule has 7 nitrogen and oxygen atoms in total. The second-order valence-electron chi connectivity index (χ2n) is 5.73. The number of nitrogens with one attached hydrogen (secondary N) is 2. The molecule has 2 N–H and O–H groups in total. The van der Waals surface area contributed by atoms with Crippen LogP contribution in [0.3, 0.4) is 0 Å². The molecule has 0 spiro atoms. The Morgan fingerprint density at radius 1 is 1.27 bits per heavy atom. The minimum absolute atomic E-state index is 0.180. The highest BCUT2D eigenvalue weighted by atomic mass is 16.4. The molecule has 0 fully saturated rings. The second-order valence-corrected chi connectivity index (χ2v) is 5.73. The molecule has 26 heavy (non-hydrogen) atoms. The third kappa shape index (κ3) is 4.05. The SMILES string of the molecule is Cc1cc(=O)oc2cc(NC(=O)CCNc3ccc(C#N)cn3)ccc12. The number of anilines is 2. The van der Waals surface area contributed by atoms with Crippen LogP contribution in [0.25, 0.3) is 11.0 Å². The van der Waals surface area contributed by atoms with Crippen molar-refractivity contribution in [2.75, 3.05) is 17.2 Å². The van der Waals surface area contributed by atoms with Crippen molar-refractivity contribution in [1.82, 2.24) is 4.98 Å². The van der Waals surface area contributed by atoms with Crippen molar-refractivity contribution in [3.63, 3.8) is 0 Å². The van der Waals surface area contributed by atoms with Gasteiger partial charge in [-0.05, 0) is 36.8 Å². The van der Waals surface area contributed by atoms with Crippen LogP contribution in [0.4, 0.5) is 11.5 Å². The zero-order valence-corrected chi connectivity index (χ0v) is 14.1. The minimum atomic E-state index is -0.419. The van der Waals surface area contributed by atoms with Crippen LogP contribution < -0.4 is 16.3 Å². The molecule has 1 amide bonds. The molecule has 130 valence electrons. The number of fused-ring (bicyclic) bond motifs is 1. The number of rotatable bonds is 5. The lowest BCUT2D eigenvalue weighted by Gasteiger charge is -2.08. The van der Waals surface area contributed by atoms with Gasteiger partial charge in [0.1, 0.15) is 17.5 Å². The summed E-state index contributed by atoms with van der Waals surface area (Å²) in [7, 11) is 0. The van der Waals surface area contributed by atoms with Crippen LogP contribution >= 0.6 is 0 Å². The first kappa shape index (κ1) is 17.2. The van der Waals surface area contributed by atoms with Crippen molar-refractivity contribution in [2.45, 2.75) is 13.3 Å². The first-order valence-corrected chi connectivity index (χ1v) is 7.99. The monoisotopic (exact) mass is 348 g/mol. The molecule has 2 aromatic heterocycles. The van der Waals surface area contributed by atoms with Gasteiger partial charge < -0.3 is 15.1 Å². The summed E-state index contributed by atoms with van der Waals surface area (Å²) >= 11 is 0. The van der Waals surface area contributed by atoms with E-state index in [1.807, 2.05) is 19.1 Å². The molecule has 1 aromatic carbocycles. The van der Waals surface area contributed by atoms with E-state index in [2.05, 4.69) is 15.6 Å². The van der Waals surface area contributed by atoms with Crippen molar-refractivity contribution in [1.29, 1.82) is 5.26 Å². The van der Waals surface area contributed by atoms with Gasteiger partial charge in [-0.15, -0.1) is 0 Å². The number of amides is 1. The van der Waals surface area contributed by atoms with Crippen molar-refractivity contribution in [3.8, 4) is 6.07 Å². The van der Waals surface area contributed by atoms with Crippen LogP contribution in [0, 0.1) is 18.3 Å². The molecule has 0 aliphatic rings. The highest BCUT2D eigenvalue weighted by molar-refractivity contribution is 5.93. The number of pyridine rings is 1. The van der Waals surface area contributed by atoms with E-state index in [0.29, 0.717) is 29.2 Å². The average Bonchev–Trinajstić information content (AvgIpc) is 2.62. The highest BCUT2D eigenvalue weighted by Crippen LogP contribution is 2.20.